The number of phenols is 2. The maximum absolute atomic E-state index is 12.0. The van der Waals surface area contributed by atoms with Gasteiger partial charge in [0.1, 0.15) is 11.5 Å². The first-order chi connectivity index (χ1) is 10.9. The van der Waals surface area contributed by atoms with E-state index in [1.165, 1.54) is 43.3 Å². The van der Waals surface area contributed by atoms with Crippen LogP contribution < -0.4 is 5.43 Å². The van der Waals surface area contributed by atoms with E-state index in [1.807, 2.05) is 0 Å². The van der Waals surface area contributed by atoms with Gasteiger partial charge in [0.2, 0.25) is 0 Å². The van der Waals surface area contributed by atoms with Crippen molar-refractivity contribution in [1.29, 1.82) is 0 Å². The van der Waals surface area contributed by atoms with Gasteiger partial charge in [-0.2, -0.15) is 5.10 Å². The molecule has 0 heterocycles. The van der Waals surface area contributed by atoms with Crippen LogP contribution in [-0.2, 0) is 0 Å². The number of nitrogens with zero attached hydrogens (tertiary/aromatic N) is 2. The SMILES string of the molecule is C/C(=N\NC(=O)c1cccc([N+](=O)[O-])c1)c1c(O)cccc1O. The maximum Gasteiger partial charge on any atom is 0.271 e. The van der Waals surface area contributed by atoms with Crippen LogP contribution >= 0.6 is 0 Å². The van der Waals surface area contributed by atoms with Crippen LogP contribution in [0.15, 0.2) is 47.6 Å². The molecule has 3 N–H and O–H groups in total. The largest absolute Gasteiger partial charge is 0.507 e. The topological polar surface area (TPSA) is 125 Å². The van der Waals surface area contributed by atoms with Crippen LogP contribution in [0.3, 0.4) is 0 Å². The summed E-state index contributed by atoms with van der Waals surface area (Å²) >= 11 is 0. The van der Waals surface area contributed by atoms with Crippen LogP contribution in [0, 0.1) is 10.1 Å². The van der Waals surface area contributed by atoms with Gasteiger partial charge < -0.3 is 10.2 Å². The molecule has 8 nitrogen and oxygen atoms in total. The van der Waals surface area contributed by atoms with Gasteiger partial charge in [0.05, 0.1) is 16.2 Å². The van der Waals surface area contributed by atoms with Crippen LogP contribution in [0.5, 0.6) is 11.5 Å². The predicted octanol–water partition coefficient (Wildman–Crippen LogP) is 2.16. The van der Waals surface area contributed by atoms with Gasteiger partial charge in [0.15, 0.2) is 0 Å². The number of carbonyl (C=O) groups excluding carboxylic acids is 1. The average molecular weight is 315 g/mol. The summed E-state index contributed by atoms with van der Waals surface area (Å²) in [5.74, 6) is -1.02. The number of phenolic OH excluding ortho intramolecular Hbond substituents is 2. The number of aromatic hydroxyl groups is 2. The molecule has 0 aliphatic heterocycles. The number of hydrazone groups is 1. The Morgan fingerprint density at radius 3 is 2.39 bits per heavy atom. The molecule has 1 amide bonds. The van der Waals surface area contributed by atoms with Gasteiger partial charge in [-0.1, -0.05) is 12.1 Å². The van der Waals surface area contributed by atoms with E-state index in [2.05, 4.69) is 10.5 Å². The molecule has 0 atom stereocenters. The van der Waals surface area contributed by atoms with E-state index in [9.17, 15) is 25.1 Å². The molecule has 0 saturated heterocycles. The van der Waals surface area contributed by atoms with Crippen LogP contribution in [0.2, 0.25) is 0 Å². The molecule has 0 saturated carbocycles. The monoisotopic (exact) mass is 315 g/mol. The van der Waals surface area contributed by atoms with Crippen molar-refractivity contribution in [1.82, 2.24) is 5.43 Å². The Labute approximate surface area is 130 Å². The molecule has 0 radical (unpaired) electrons. The number of hydrogen-bond acceptors (Lipinski definition) is 6. The minimum absolute atomic E-state index is 0.0669. The van der Waals surface area contributed by atoms with E-state index < -0.39 is 10.8 Å². The number of rotatable bonds is 4. The van der Waals surface area contributed by atoms with Gasteiger partial charge in [0, 0.05) is 17.7 Å². The Morgan fingerprint density at radius 1 is 1.17 bits per heavy atom. The summed E-state index contributed by atoms with van der Waals surface area (Å²) in [4.78, 5) is 22.0. The highest BCUT2D eigenvalue weighted by Gasteiger charge is 2.13. The number of nitro benzene ring substituents is 1. The lowest BCUT2D eigenvalue weighted by Gasteiger charge is -2.07. The number of non-ortho nitro benzene ring substituents is 1. The minimum atomic E-state index is -0.650. The van der Waals surface area contributed by atoms with Gasteiger partial charge in [-0.15, -0.1) is 0 Å². The van der Waals surface area contributed by atoms with Crippen molar-refractivity contribution in [3.63, 3.8) is 0 Å². The highest BCUT2D eigenvalue weighted by Crippen LogP contribution is 2.26. The molecule has 0 spiro atoms. The molecule has 0 aromatic heterocycles. The first kappa shape index (κ1) is 16.0. The van der Waals surface area contributed by atoms with Crippen LogP contribution in [-0.4, -0.2) is 26.8 Å². The van der Waals surface area contributed by atoms with E-state index in [1.54, 1.807) is 0 Å². The number of nitro groups is 1. The lowest BCUT2D eigenvalue weighted by Crippen LogP contribution is -2.19. The third-order valence-electron chi connectivity index (χ3n) is 3.03. The molecule has 8 heteroatoms. The fourth-order valence-electron chi connectivity index (χ4n) is 1.91. The molecular weight excluding hydrogens is 302 g/mol. The second-order valence-corrected chi connectivity index (χ2v) is 4.62. The van der Waals surface area contributed by atoms with Crippen molar-refractivity contribution in [3.05, 3.63) is 63.7 Å². The lowest BCUT2D eigenvalue weighted by atomic mass is 10.1. The van der Waals surface area contributed by atoms with E-state index in [0.29, 0.717) is 0 Å². The summed E-state index contributed by atoms with van der Waals surface area (Å²) in [5.41, 5.74) is 2.35. The summed E-state index contributed by atoms with van der Waals surface area (Å²) in [5, 5.41) is 33.9. The van der Waals surface area contributed by atoms with Crippen molar-refractivity contribution >= 4 is 17.3 Å². The van der Waals surface area contributed by atoms with Crippen LogP contribution in [0.1, 0.15) is 22.8 Å². The standard InChI is InChI=1S/C15H13N3O5/c1-9(14-12(19)6-3-7-13(14)20)16-17-15(21)10-4-2-5-11(8-10)18(22)23/h2-8,19-20H,1H3,(H,17,21)/b16-9+. The fourth-order valence-corrected chi connectivity index (χ4v) is 1.91. The molecule has 2 rings (SSSR count). The van der Waals surface area contributed by atoms with Crippen molar-refractivity contribution < 1.29 is 19.9 Å². The summed E-state index contributed by atoms with van der Waals surface area (Å²) in [6.07, 6.45) is 0. The third kappa shape index (κ3) is 3.62. The number of benzene rings is 2. The van der Waals surface area contributed by atoms with Gasteiger partial charge in [0.25, 0.3) is 11.6 Å². The fraction of sp³-hybridized carbons (Fsp3) is 0.0667. The van der Waals surface area contributed by atoms with E-state index >= 15 is 0 Å². The number of nitrogens with one attached hydrogen (secondary N) is 1. The summed E-state index contributed by atoms with van der Waals surface area (Å²) in [7, 11) is 0. The van der Waals surface area contributed by atoms with Crippen LogP contribution in [0.25, 0.3) is 0 Å². The Morgan fingerprint density at radius 2 is 1.78 bits per heavy atom. The second kappa shape index (κ2) is 6.56. The van der Waals surface area contributed by atoms with Crippen LogP contribution in [0.4, 0.5) is 5.69 Å². The van der Waals surface area contributed by atoms with Gasteiger partial charge >= 0.3 is 0 Å². The first-order valence-electron chi connectivity index (χ1n) is 6.50. The zero-order chi connectivity index (χ0) is 17.0. The molecule has 0 fully saturated rings. The minimum Gasteiger partial charge on any atom is -0.507 e. The second-order valence-electron chi connectivity index (χ2n) is 4.62. The molecule has 0 aliphatic carbocycles. The summed E-state index contributed by atoms with van der Waals surface area (Å²) in [6, 6.07) is 9.39. The van der Waals surface area contributed by atoms with Gasteiger partial charge in [-0.05, 0) is 25.1 Å². The summed E-state index contributed by atoms with van der Waals surface area (Å²) < 4.78 is 0. The molecule has 0 bridgehead atoms. The molecule has 0 aliphatic rings. The Balaban J connectivity index is 2.21. The Bertz CT molecular complexity index is 781. The quantitative estimate of drug-likeness (QED) is 0.453. The third-order valence-corrected chi connectivity index (χ3v) is 3.03. The lowest BCUT2D eigenvalue weighted by molar-refractivity contribution is -0.384. The number of carbonyl (C=O) groups is 1. The van der Waals surface area contributed by atoms with Gasteiger partial charge in [-0.3, -0.25) is 14.9 Å². The summed E-state index contributed by atoms with van der Waals surface area (Å²) in [6.45, 7) is 1.49. The molecule has 0 unspecified atom stereocenters. The molecular formula is C15H13N3O5. The highest BCUT2D eigenvalue weighted by molar-refractivity contribution is 6.04. The molecule has 118 valence electrons. The predicted molar refractivity (Wildman–Crippen MR) is 82.5 cm³/mol. The van der Waals surface area contributed by atoms with Gasteiger partial charge in [-0.25, -0.2) is 5.43 Å². The zero-order valence-electron chi connectivity index (χ0n) is 12.1. The maximum atomic E-state index is 12.0. The van der Waals surface area contributed by atoms with E-state index in [-0.39, 0.29) is 34.0 Å². The highest BCUT2D eigenvalue weighted by atomic mass is 16.6. The smallest absolute Gasteiger partial charge is 0.271 e. The molecule has 2 aromatic rings. The Kier molecular flexibility index (Phi) is 4.55. The Hall–Kier alpha value is -3.42. The van der Waals surface area contributed by atoms with E-state index in [4.69, 9.17) is 0 Å². The molecule has 23 heavy (non-hydrogen) atoms. The van der Waals surface area contributed by atoms with E-state index in [0.717, 1.165) is 6.07 Å². The van der Waals surface area contributed by atoms with Crippen molar-refractivity contribution in [2.75, 3.05) is 0 Å². The van der Waals surface area contributed by atoms with Crippen molar-refractivity contribution in [2.24, 2.45) is 5.10 Å². The first-order valence-corrected chi connectivity index (χ1v) is 6.50. The number of hydrogen-bond donors (Lipinski definition) is 3. The van der Waals surface area contributed by atoms with Crippen molar-refractivity contribution in [3.8, 4) is 11.5 Å². The normalized spacial score (nSPS) is 11.1. The zero-order valence-corrected chi connectivity index (χ0v) is 12.1. The van der Waals surface area contributed by atoms with Crippen molar-refractivity contribution in [2.45, 2.75) is 6.92 Å². The number of amides is 1. The average Bonchev–Trinajstić information content (AvgIpc) is 2.52. The molecule has 2 aromatic carbocycles.